The average molecular weight is 504 g/mol. The molecule has 0 radical (unpaired) electrons. The van der Waals surface area contributed by atoms with Crippen molar-refractivity contribution < 1.29 is 27.5 Å². The second kappa shape index (κ2) is 11.4. The van der Waals surface area contributed by atoms with E-state index in [0.29, 0.717) is 5.52 Å². The number of carbonyl (C=O) groups is 3. The lowest BCUT2D eigenvalue weighted by atomic mass is 10.0. The second-order valence-corrected chi connectivity index (χ2v) is 11.6. The van der Waals surface area contributed by atoms with E-state index in [1.54, 1.807) is 52.8 Å². The minimum Gasteiger partial charge on any atom is -0.460 e. The second-order valence-electron chi connectivity index (χ2n) is 9.65. The van der Waals surface area contributed by atoms with Crippen molar-refractivity contribution >= 4 is 38.5 Å². The van der Waals surface area contributed by atoms with Gasteiger partial charge in [-0.25, -0.2) is 13.4 Å². The average Bonchev–Trinajstić information content (AvgIpc) is 2.73. The number of pyridine rings is 1. The van der Waals surface area contributed by atoms with Crippen LogP contribution in [0.25, 0.3) is 10.9 Å². The summed E-state index contributed by atoms with van der Waals surface area (Å²) in [5.41, 5.74) is 0.0616. The molecule has 0 aliphatic heterocycles. The predicted octanol–water partition coefficient (Wildman–Crippen LogP) is 2.76. The molecule has 1 aromatic heterocycles. The minimum atomic E-state index is -3.50. The first kappa shape index (κ1) is 28.0. The number of fused-ring (bicyclic) bond motifs is 1. The zero-order valence-electron chi connectivity index (χ0n) is 20.9. The number of hydrogen-bond donors (Lipinski definition) is 2. The maximum absolute atomic E-state index is 13.1. The summed E-state index contributed by atoms with van der Waals surface area (Å²) in [5.74, 6) is -2.01. The molecule has 2 amide bonds. The molecule has 0 saturated carbocycles. The molecule has 2 aromatic rings. The van der Waals surface area contributed by atoms with Gasteiger partial charge in [-0.05, 0) is 38.8 Å². The first-order chi connectivity index (χ1) is 16.1. The summed E-state index contributed by atoms with van der Waals surface area (Å²) < 4.78 is 28.5. The third kappa shape index (κ3) is 9.48. The molecule has 2 N–H and O–H groups in total. The van der Waals surface area contributed by atoms with E-state index in [-0.39, 0.29) is 18.0 Å². The van der Waals surface area contributed by atoms with Crippen LogP contribution in [0, 0.1) is 5.92 Å². The lowest BCUT2D eigenvalue weighted by Crippen LogP contribution is -2.52. The number of rotatable bonds is 9. The van der Waals surface area contributed by atoms with Crippen LogP contribution in [0.1, 0.15) is 51.5 Å². The standard InChI is InChI=1S/C25H33N3O6S/c1-16(2)22(28-23(30)20-12-11-17-9-7-8-10-19(17)27-20)24(31)26-18(13-14-35(6,32)33)15-21(29)34-25(3,4)5/h7-14,16,18,22H,15H2,1-6H3,(H,26,31)(H,28,30)/b14-13+/t18-,22+/m1/s1. The summed E-state index contributed by atoms with van der Waals surface area (Å²) in [5, 5.41) is 7.14. The molecule has 1 heterocycles. The number of ether oxygens (including phenoxy) is 1. The van der Waals surface area contributed by atoms with E-state index in [9.17, 15) is 22.8 Å². The molecule has 0 aliphatic rings. The van der Waals surface area contributed by atoms with Gasteiger partial charge in [0.25, 0.3) is 5.91 Å². The number of nitrogens with zero attached hydrogens (tertiary/aromatic N) is 1. The maximum Gasteiger partial charge on any atom is 0.308 e. The number of carbonyl (C=O) groups excluding carboxylic acids is 3. The van der Waals surface area contributed by atoms with Crippen molar-refractivity contribution in [3.8, 4) is 0 Å². The number of benzene rings is 1. The van der Waals surface area contributed by atoms with Gasteiger partial charge in [-0.2, -0.15) is 0 Å². The van der Waals surface area contributed by atoms with Gasteiger partial charge in [-0.15, -0.1) is 0 Å². The molecular formula is C25H33N3O6S. The van der Waals surface area contributed by atoms with Gasteiger partial charge in [0, 0.05) is 17.1 Å². The highest BCUT2D eigenvalue weighted by molar-refractivity contribution is 7.93. The van der Waals surface area contributed by atoms with Gasteiger partial charge in [0.2, 0.25) is 5.91 Å². The molecule has 10 heteroatoms. The highest BCUT2D eigenvalue weighted by Crippen LogP contribution is 2.14. The summed E-state index contributed by atoms with van der Waals surface area (Å²) >= 11 is 0. The van der Waals surface area contributed by atoms with Crippen LogP contribution in [0.3, 0.4) is 0 Å². The Morgan fingerprint density at radius 2 is 1.71 bits per heavy atom. The molecule has 190 valence electrons. The fourth-order valence-electron chi connectivity index (χ4n) is 3.18. The van der Waals surface area contributed by atoms with Crippen LogP contribution in [-0.4, -0.2) is 55.1 Å². The van der Waals surface area contributed by atoms with Crippen molar-refractivity contribution in [1.82, 2.24) is 15.6 Å². The maximum atomic E-state index is 13.1. The number of hydrogen-bond acceptors (Lipinski definition) is 7. The van der Waals surface area contributed by atoms with Crippen molar-refractivity contribution in [2.45, 2.75) is 58.7 Å². The van der Waals surface area contributed by atoms with Crippen LogP contribution < -0.4 is 10.6 Å². The Hall–Kier alpha value is -3.27. The molecule has 0 saturated heterocycles. The number of nitrogens with one attached hydrogen (secondary N) is 2. The van der Waals surface area contributed by atoms with E-state index in [0.717, 1.165) is 17.1 Å². The van der Waals surface area contributed by atoms with Crippen molar-refractivity contribution in [3.63, 3.8) is 0 Å². The van der Waals surface area contributed by atoms with Crippen LogP contribution in [0.2, 0.25) is 0 Å². The molecule has 9 nitrogen and oxygen atoms in total. The number of esters is 1. The Balaban J connectivity index is 2.20. The molecular weight excluding hydrogens is 470 g/mol. The van der Waals surface area contributed by atoms with Crippen molar-refractivity contribution in [3.05, 3.63) is 53.6 Å². The lowest BCUT2D eigenvalue weighted by Gasteiger charge is -2.25. The third-order valence-electron chi connectivity index (χ3n) is 4.76. The smallest absolute Gasteiger partial charge is 0.308 e. The fourth-order valence-corrected chi connectivity index (χ4v) is 3.66. The highest BCUT2D eigenvalue weighted by atomic mass is 32.2. The van der Waals surface area contributed by atoms with E-state index >= 15 is 0 Å². The summed E-state index contributed by atoms with van der Waals surface area (Å²) in [6.07, 6.45) is 1.95. The molecule has 0 bridgehead atoms. The molecule has 2 rings (SSSR count). The van der Waals surface area contributed by atoms with Crippen molar-refractivity contribution in [1.29, 1.82) is 0 Å². The van der Waals surface area contributed by atoms with Crippen LogP contribution in [0.4, 0.5) is 0 Å². The van der Waals surface area contributed by atoms with Crippen molar-refractivity contribution in [2.24, 2.45) is 5.92 Å². The van der Waals surface area contributed by atoms with E-state index in [4.69, 9.17) is 4.74 Å². The molecule has 1 aromatic carbocycles. The van der Waals surface area contributed by atoms with Gasteiger partial charge in [-0.1, -0.05) is 44.2 Å². The quantitative estimate of drug-likeness (QED) is 0.503. The van der Waals surface area contributed by atoms with Gasteiger partial charge in [0.1, 0.15) is 17.3 Å². The van der Waals surface area contributed by atoms with Crippen LogP contribution in [-0.2, 0) is 24.2 Å². The molecule has 0 spiro atoms. The first-order valence-electron chi connectivity index (χ1n) is 11.2. The largest absolute Gasteiger partial charge is 0.460 e. The summed E-state index contributed by atoms with van der Waals surface area (Å²) in [4.78, 5) is 42.6. The number of amides is 2. The summed E-state index contributed by atoms with van der Waals surface area (Å²) in [6.45, 7) is 8.63. The topological polar surface area (TPSA) is 132 Å². The van der Waals surface area contributed by atoms with E-state index in [1.165, 1.54) is 6.08 Å². The zero-order chi connectivity index (χ0) is 26.4. The van der Waals surface area contributed by atoms with E-state index in [1.807, 2.05) is 18.2 Å². The molecule has 35 heavy (non-hydrogen) atoms. The van der Waals surface area contributed by atoms with Gasteiger partial charge in [0.15, 0.2) is 9.84 Å². The first-order valence-corrected chi connectivity index (χ1v) is 13.2. The van der Waals surface area contributed by atoms with Crippen molar-refractivity contribution in [2.75, 3.05) is 6.26 Å². The Kier molecular flexibility index (Phi) is 9.14. The molecule has 0 aliphatic carbocycles. The Bertz CT molecular complexity index is 1220. The molecule has 0 fully saturated rings. The van der Waals surface area contributed by atoms with E-state index in [2.05, 4.69) is 15.6 Å². The third-order valence-corrected chi connectivity index (χ3v) is 5.41. The van der Waals surface area contributed by atoms with Gasteiger partial charge < -0.3 is 15.4 Å². The summed E-state index contributed by atoms with van der Waals surface area (Å²) in [7, 11) is -3.50. The molecule has 2 atom stereocenters. The fraction of sp³-hybridized carbons (Fsp3) is 0.440. The number of para-hydroxylation sites is 1. The van der Waals surface area contributed by atoms with Gasteiger partial charge in [-0.3, -0.25) is 14.4 Å². The number of sulfone groups is 1. The van der Waals surface area contributed by atoms with Gasteiger partial charge in [0.05, 0.1) is 18.0 Å². The Morgan fingerprint density at radius 1 is 1.06 bits per heavy atom. The highest BCUT2D eigenvalue weighted by Gasteiger charge is 2.28. The van der Waals surface area contributed by atoms with Crippen LogP contribution in [0.5, 0.6) is 0 Å². The Labute approximate surface area is 206 Å². The lowest BCUT2D eigenvalue weighted by molar-refractivity contribution is -0.155. The zero-order valence-corrected chi connectivity index (χ0v) is 21.7. The van der Waals surface area contributed by atoms with Crippen LogP contribution >= 0.6 is 0 Å². The summed E-state index contributed by atoms with van der Waals surface area (Å²) in [6, 6.07) is 8.79. The van der Waals surface area contributed by atoms with Gasteiger partial charge >= 0.3 is 5.97 Å². The van der Waals surface area contributed by atoms with E-state index < -0.39 is 45.3 Å². The predicted molar refractivity (Wildman–Crippen MR) is 134 cm³/mol. The van der Waals surface area contributed by atoms with Crippen LogP contribution in [0.15, 0.2) is 47.9 Å². The molecule has 0 unspecified atom stereocenters. The minimum absolute atomic E-state index is 0.157. The normalized spacial score (nSPS) is 14.0. The SMILES string of the molecule is CC(C)[C@H](NC(=O)c1ccc2ccccc2n1)C(=O)N[C@H](/C=C/S(C)(=O)=O)CC(=O)OC(C)(C)C. The number of aromatic nitrogens is 1. The Morgan fingerprint density at radius 3 is 2.31 bits per heavy atom. The monoisotopic (exact) mass is 503 g/mol.